The highest BCUT2D eigenvalue weighted by Gasteiger charge is 2.15. The van der Waals surface area contributed by atoms with Gasteiger partial charge in [0.25, 0.3) is 0 Å². The van der Waals surface area contributed by atoms with Crippen LogP contribution in [-0.2, 0) is 4.79 Å². The van der Waals surface area contributed by atoms with E-state index in [4.69, 9.17) is 5.73 Å². The standard InChI is InChI=1S/C14H21N3O/c1-10-8-12(15)13(16-11(2)18)9-14(10)17-6-4-3-5-7-17/h8-9H,3-7,15H2,1-2H3,(H,16,18). The summed E-state index contributed by atoms with van der Waals surface area (Å²) in [4.78, 5) is 13.5. The molecule has 0 spiro atoms. The van der Waals surface area contributed by atoms with Gasteiger partial charge in [-0.05, 0) is 43.9 Å². The fourth-order valence-corrected chi connectivity index (χ4v) is 2.49. The van der Waals surface area contributed by atoms with Crippen molar-refractivity contribution in [2.45, 2.75) is 33.1 Å². The Labute approximate surface area is 108 Å². The van der Waals surface area contributed by atoms with E-state index in [2.05, 4.69) is 17.1 Å². The molecule has 4 heteroatoms. The molecule has 0 bridgehead atoms. The van der Waals surface area contributed by atoms with E-state index in [9.17, 15) is 4.79 Å². The van der Waals surface area contributed by atoms with Crippen LogP contribution in [0.4, 0.5) is 17.1 Å². The van der Waals surface area contributed by atoms with Crippen molar-refractivity contribution < 1.29 is 4.79 Å². The molecular formula is C14H21N3O. The van der Waals surface area contributed by atoms with Crippen molar-refractivity contribution in [2.75, 3.05) is 29.0 Å². The maximum atomic E-state index is 11.2. The van der Waals surface area contributed by atoms with Gasteiger partial charge in [-0.15, -0.1) is 0 Å². The average molecular weight is 247 g/mol. The Morgan fingerprint density at radius 3 is 2.56 bits per heavy atom. The third kappa shape index (κ3) is 2.75. The van der Waals surface area contributed by atoms with Crippen molar-refractivity contribution in [3.8, 4) is 0 Å². The van der Waals surface area contributed by atoms with Gasteiger partial charge < -0.3 is 16.0 Å². The number of carbonyl (C=O) groups is 1. The second-order valence-corrected chi connectivity index (χ2v) is 4.95. The van der Waals surface area contributed by atoms with E-state index in [1.54, 1.807) is 0 Å². The highest BCUT2D eigenvalue weighted by molar-refractivity contribution is 5.93. The maximum absolute atomic E-state index is 11.2. The molecule has 0 unspecified atom stereocenters. The topological polar surface area (TPSA) is 58.4 Å². The van der Waals surface area contributed by atoms with Gasteiger partial charge in [-0.3, -0.25) is 4.79 Å². The van der Waals surface area contributed by atoms with Crippen molar-refractivity contribution in [3.63, 3.8) is 0 Å². The zero-order chi connectivity index (χ0) is 13.1. The van der Waals surface area contributed by atoms with Gasteiger partial charge in [-0.2, -0.15) is 0 Å². The molecular weight excluding hydrogens is 226 g/mol. The van der Waals surface area contributed by atoms with E-state index in [1.165, 1.54) is 37.4 Å². The number of rotatable bonds is 2. The third-order valence-electron chi connectivity index (χ3n) is 3.38. The van der Waals surface area contributed by atoms with Crippen LogP contribution in [0.5, 0.6) is 0 Å². The van der Waals surface area contributed by atoms with Crippen molar-refractivity contribution in [1.82, 2.24) is 0 Å². The molecule has 0 aliphatic carbocycles. The van der Waals surface area contributed by atoms with E-state index in [1.807, 2.05) is 12.1 Å². The van der Waals surface area contributed by atoms with Crippen LogP contribution in [-0.4, -0.2) is 19.0 Å². The second-order valence-electron chi connectivity index (χ2n) is 4.95. The summed E-state index contributed by atoms with van der Waals surface area (Å²) in [6, 6.07) is 3.94. The molecule has 0 aromatic heterocycles. The van der Waals surface area contributed by atoms with Crippen molar-refractivity contribution in [2.24, 2.45) is 0 Å². The number of nitrogens with one attached hydrogen (secondary N) is 1. The first kappa shape index (κ1) is 12.7. The first-order valence-corrected chi connectivity index (χ1v) is 6.50. The lowest BCUT2D eigenvalue weighted by Crippen LogP contribution is -2.30. The summed E-state index contributed by atoms with van der Waals surface area (Å²) in [5, 5.41) is 2.79. The van der Waals surface area contributed by atoms with Crippen molar-refractivity contribution >= 4 is 23.0 Å². The molecule has 0 radical (unpaired) electrons. The third-order valence-corrected chi connectivity index (χ3v) is 3.38. The Kier molecular flexibility index (Phi) is 3.75. The number of nitrogens with two attached hydrogens (primary N) is 1. The largest absolute Gasteiger partial charge is 0.397 e. The van der Waals surface area contributed by atoms with Crippen molar-refractivity contribution in [3.05, 3.63) is 17.7 Å². The van der Waals surface area contributed by atoms with E-state index < -0.39 is 0 Å². The fraction of sp³-hybridized carbons (Fsp3) is 0.500. The predicted octanol–water partition coefficient (Wildman–Crippen LogP) is 2.53. The number of aryl methyl sites for hydroxylation is 1. The Bertz CT molecular complexity index is 451. The predicted molar refractivity (Wildman–Crippen MR) is 76.0 cm³/mol. The number of hydrogen-bond acceptors (Lipinski definition) is 3. The molecule has 1 aliphatic heterocycles. The van der Waals surface area contributed by atoms with Crippen LogP contribution in [0.1, 0.15) is 31.7 Å². The zero-order valence-corrected chi connectivity index (χ0v) is 11.1. The number of nitrogen functional groups attached to an aromatic ring is 1. The van der Waals surface area contributed by atoms with Gasteiger partial charge in [-0.1, -0.05) is 0 Å². The zero-order valence-electron chi connectivity index (χ0n) is 11.1. The smallest absolute Gasteiger partial charge is 0.221 e. The molecule has 1 aliphatic rings. The molecule has 2 rings (SSSR count). The number of anilines is 3. The Hall–Kier alpha value is -1.71. The highest BCUT2D eigenvalue weighted by Crippen LogP contribution is 2.31. The molecule has 18 heavy (non-hydrogen) atoms. The highest BCUT2D eigenvalue weighted by atomic mass is 16.1. The molecule has 1 aromatic carbocycles. The molecule has 3 N–H and O–H groups in total. The normalized spacial score (nSPS) is 15.6. The molecule has 4 nitrogen and oxygen atoms in total. The van der Waals surface area contributed by atoms with E-state index in [0.29, 0.717) is 11.4 Å². The first-order valence-electron chi connectivity index (χ1n) is 6.50. The van der Waals surface area contributed by atoms with Gasteiger partial charge in [0.15, 0.2) is 0 Å². The molecule has 1 heterocycles. The minimum Gasteiger partial charge on any atom is -0.397 e. The quantitative estimate of drug-likeness (QED) is 0.789. The summed E-state index contributed by atoms with van der Waals surface area (Å²) in [6.45, 7) is 5.74. The second kappa shape index (κ2) is 5.29. The molecule has 0 atom stereocenters. The van der Waals surface area contributed by atoms with Crippen LogP contribution in [0.15, 0.2) is 12.1 Å². The lowest BCUT2D eigenvalue weighted by molar-refractivity contribution is -0.114. The molecule has 1 amide bonds. The number of benzene rings is 1. The van der Waals surface area contributed by atoms with Gasteiger partial charge >= 0.3 is 0 Å². The minimum absolute atomic E-state index is 0.0878. The monoisotopic (exact) mass is 247 g/mol. The van der Waals surface area contributed by atoms with E-state index in [-0.39, 0.29) is 5.91 Å². The number of piperidine rings is 1. The fourth-order valence-electron chi connectivity index (χ4n) is 2.49. The van der Waals surface area contributed by atoms with Crippen molar-refractivity contribution in [1.29, 1.82) is 0 Å². The Morgan fingerprint density at radius 1 is 1.28 bits per heavy atom. The van der Waals surface area contributed by atoms with Crippen LogP contribution in [0.25, 0.3) is 0 Å². The molecule has 98 valence electrons. The summed E-state index contributed by atoms with van der Waals surface area (Å²) in [5.74, 6) is -0.0878. The lowest BCUT2D eigenvalue weighted by atomic mass is 10.1. The maximum Gasteiger partial charge on any atom is 0.221 e. The number of nitrogens with zero attached hydrogens (tertiary/aromatic N) is 1. The minimum atomic E-state index is -0.0878. The Balaban J connectivity index is 2.30. The summed E-state index contributed by atoms with van der Waals surface area (Å²) in [5.41, 5.74) is 9.64. The van der Waals surface area contributed by atoms with Gasteiger partial charge in [0.2, 0.25) is 5.91 Å². The van der Waals surface area contributed by atoms with Gasteiger partial charge in [0, 0.05) is 25.7 Å². The van der Waals surface area contributed by atoms with Crippen LogP contribution in [0, 0.1) is 6.92 Å². The van der Waals surface area contributed by atoms with Gasteiger partial charge in [0.1, 0.15) is 0 Å². The van der Waals surface area contributed by atoms with Crippen LogP contribution < -0.4 is 16.0 Å². The van der Waals surface area contributed by atoms with E-state index >= 15 is 0 Å². The molecule has 1 aromatic rings. The van der Waals surface area contributed by atoms with Crippen LogP contribution in [0.2, 0.25) is 0 Å². The number of amides is 1. The number of hydrogen-bond donors (Lipinski definition) is 2. The number of carbonyl (C=O) groups excluding carboxylic acids is 1. The summed E-state index contributed by atoms with van der Waals surface area (Å²) < 4.78 is 0. The summed E-state index contributed by atoms with van der Waals surface area (Å²) in [7, 11) is 0. The Morgan fingerprint density at radius 2 is 1.94 bits per heavy atom. The van der Waals surface area contributed by atoms with Gasteiger partial charge in [0.05, 0.1) is 11.4 Å². The summed E-state index contributed by atoms with van der Waals surface area (Å²) >= 11 is 0. The van der Waals surface area contributed by atoms with Gasteiger partial charge in [-0.25, -0.2) is 0 Å². The molecule has 1 saturated heterocycles. The van der Waals surface area contributed by atoms with Crippen LogP contribution >= 0.6 is 0 Å². The molecule has 1 fully saturated rings. The van der Waals surface area contributed by atoms with Crippen LogP contribution in [0.3, 0.4) is 0 Å². The lowest BCUT2D eigenvalue weighted by Gasteiger charge is -2.30. The average Bonchev–Trinajstić information content (AvgIpc) is 2.33. The SMILES string of the molecule is CC(=O)Nc1cc(N2CCCCC2)c(C)cc1N. The molecule has 0 saturated carbocycles. The van der Waals surface area contributed by atoms with E-state index in [0.717, 1.165) is 13.1 Å². The summed E-state index contributed by atoms with van der Waals surface area (Å²) in [6.07, 6.45) is 3.78. The first-order chi connectivity index (χ1) is 8.58.